The van der Waals surface area contributed by atoms with Crippen molar-refractivity contribution in [2.24, 2.45) is 0 Å². The Kier molecular flexibility index (Phi) is 3.47. The highest BCUT2D eigenvalue weighted by atomic mass is 16.4. The van der Waals surface area contributed by atoms with Crippen LogP contribution in [0.25, 0.3) is 11.3 Å². The molecule has 2 aromatic rings. The predicted molar refractivity (Wildman–Crippen MR) is 70.2 cm³/mol. The minimum absolute atomic E-state index is 0.547. The number of oxazole rings is 1. The molecular formula is C14H18N2O. The van der Waals surface area contributed by atoms with Crippen LogP contribution in [0.15, 0.2) is 34.9 Å². The van der Waals surface area contributed by atoms with Gasteiger partial charge in [-0.15, -0.1) is 0 Å². The minimum atomic E-state index is 0.547. The maximum Gasteiger partial charge on any atom is 0.294 e. The molecule has 90 valence electrons. The van der Waals surface area contributed by atoms with Gasteiger partial charge in [0, 0.05) is 12.6 Å². The fourth-order valence-electron chi connectivity index (χ4n) is 1.73. The fourth-order valence-corrected chi connectivity index (χ4v) is 1.73. The largest absolute Gasteiger partial charge is 0.424 e. The monoisotopic (exact) mass is 230 g/mol. The third kappa shape index (κ3) is 2.49. The summed E-state index contributed by atoms with van der Waals surface area (Å²) in [6, 6.07) is 9.03. The van der Waals surface area contributed by atoms with E-state index in [9.17, 15) is 0 Å². The van der Waals surface area contributed by atoms with Crippen molar-refractivity contribution >= 4 is 6.01 Å². The Bertz CT molecular complexity index is 473. The second-order valence-corrected chi connectivity index (χ2v) is 4.21. The van der Waals surface area contributed by atoms with E-state index in [1.165, 1.54) is 5.56 Å². The molecule has 0 fully saturated rings. The highest BCUT2D eigenvalue weighted by Gasteiger charge is 2.06. The van der Waals surface area contributed by atoms with Crippen molar-refractivity contribution in [3.63, 3.8) is 0 Å². The molecule has 1 aromatic heterocycles. The number of hydrogen-bond acceptors (Lipinski definition) is 3. The highest BCUT2D eigenvalue weighted by Crippen LogP contribution is 2.25. The topological polar surface area (TPSA) is 38.1 Å². The van der Waals surface area contributed by atoms with Gasteiger partial charge in [0.1, 0.15) is 0 Å². The maximum absolute atomic E-state index is 5.52. The normalized spacial score (nSPS) is 12.4. The number of anilines is 1. The molecule has 0 saturated heterocycles. The van der Waals surface area contributed by atoms with Crippen molar-refractivity contribution in [2.75, 3.05) is 12.4 Å². The number of nitrogens with zero attached hydrogens (tertiary/aromatic N) is 1. The van der Waals surface area contributed by atoms with E-state index in [1.54, 1.807) is 13.2 Å². The van der Waals surface area contributed by atoms with Gasteiger partial charge in [-0.05, 0) is 17.9 Å². The van der Waals surface area contributed by atoms with Crippen LogP contribution in [0.1, 0.15) is 31.7 Å². The standard InChI is InChI=1S/C14H18N2O/c1-4-10(2)11-5-7-12(8-6-11)13-9-16-14(15-3)17-13/h5-10H,4H2,1-3H3,(H,15,16). The van der Waals surface area contributed by atoms with Crippen molar-refractivity contribution < 1.29 is 4.42 Å². The number of rotatable bonds is 4. The number of hydrogen-bond donors (Lipinski definition) is 1. The van der Waals surface area contributed by atoms with Gasteiger partial charge in [-0.2, -0.15) is 0 Å². The number of benzene rings is 1. The summed E-state index contributed by atoms with van der Waals surface area (Å²) in [6.07, 6.45) is 2.90. The molecule has 0 amide bonds. The molecule has 1 aromatic carbocycles. The van der Waals surface area contributed by atoms with Crippen molar-refractivity contribution in [3.05, 3.63) is 36.0 Å². The lowest BCUT2D eigenvalue weighted by atomic mass is 9.97. The Morgan fingerprint density at radius 2 is 2.00 bits per heavy atom. The molecule has 3 nitrogen and oxygen atoms in total. The molecule has 2 rings (SSSR count). The lowest BCUT2D eigenvalue weighted by molar-refractivity contribution is 0.589. The van der Waals surface area contributed by atoms with E-state index < -0.39 is 0 Å². The average molecular weight is 230 g/mol. The predicted octanol–water partition coefficient (Wildman–Crippen LogP) is 3.90. The summed E-state index contributed by atoms with van der Waals surface area (Å²) in [5.74, 6) is 1.40. The fraction of sp³-hybridized carbons (Fsp3) is 0.357. The average Bonchev–Trinajstić information content (AvgIpc) is 2.87. The first kappa shape index (κ1) is 11.7. The number of nitrogens with one attached hydrogen (secondary N) is 1. The van der Waals surface area contributed by atoms with E-state index in [4.69, 9.17) is 4.42 Å². The molecular weight excluding hydrogens is 212 g/mol. The molecule has 0 aliphatic carbocycles. The molecule has 0 bridgehead atoms. The van der Waals surface area contributed by atoms with E-state index >= 15 is 0 Å². The van der Waals surface area contributed by atoms with Gasteiger partial charge in [-0.3, -0.25) is 0 Å². The molecule has 1 N–H and O–H groups in total. The van der Waals surface area contributed by atoms with E-state index in [0.717, 1.165) is 17.7 Å². The van der Waals surface area contributed by atoms with Gasteiger partial charge in [-0.1, -0.05) is 38.1 Å². The SMILES string of the molecule is CCC(C)c1ccc(-c2cnc(NC)o2)cc1. The summed E-state index contributed by atoms with van der Waals surface area (Å²) >= 11 is 0. The van der Waals surface area contributed by atoms with Crippen LogP contribution in [-0.4, -0.2) is 12.0 Å². The van der Waals surface area contributed by atoms with Gasteiger partial charge < -0.3 is 9.73 Å². The molecule has 1 atom stereocenters. The Morgan fingerprint density at radius 1 is 1.29 bits per heavy atom. The van der Waals surface area contributed by atoms with E-state index in [0.29, 0.717) is 11.9 Å². The quantitative estimate of drug-likeness (QED) is 0.865. The Hall–Kier alpha value is -1.77. The highest BCUT2D eigenvalue weighted by molar-refractivity contribution is 5.58. The third-order valence-corrected chi connectivity index (χ3v) is 3.10. The third-order valence-electron chi connectivity index (χ3n) is 3.10. The van der Waals surface area contributed by atoms with Gasteiger partial charge in [-0.25, -0.2) is 4.98 Å². The Morgan fingerprint density at radius 3 is 2.53 bits per heavy atom. The van der Waals surface area contributed by atoms with Gasteiger partial charge in [0.15, 0.2) is 5.76 Å². The van der Waals surface area contributed by atoms with Crippen molar-refractivity contribution in [3.8, 4) is 11.3 Å². The zero-order valence-corrected chi connectivity index (χ0v) is 10.5. The molecule has 1 heterocycles. The van der Waals surface area contributed by atoms with Gasteiger partial charge in [0.2, 0.25) is 0 Å². The van der Waals surface area contributed by atoms with Crippen LogP contribution in [0, 0.1) is 0 Å². The van der Waals surface area contributed by atoms with Crippen LogP contribution in [-0.2, 0) is 0 Å². The minimum Gasteiger partial charge on any atom is -0.424 e. The first-order chi connectivity index (χ1) is 8.24. The van der Waals surface area contributed by atoms with Crippen LogP contribution in [0.4, 0.5) is 6.01 Å². The summed E-state index contributed by atoms with van der Waals surface area (Å²) in [7, 11) is 1.79. The Labute approximate surface area is 102 Å². The van der Waals surface area contributed by atoms with Gasteiger partial charge in [0.05, 0.1) is 6.20 Å². The summed E-state index contributed by atoms with van der Waals surface area (Å²) in [6.45, 7) is 4.44. The van der Waals surface area contributed by atoms with Gasteiger partial charge in [0.25, 0.3) is 6.01 Å². The lowest BCUT2D eigenvalue weighted by Gasteiger charge is -2.08. The first-order valence-electron chi connectivity index (χ1n) is 5.98. The van der Waals surface area contributed by atoms with Crippen LogP contribution >= 0.6 is 0 Å². The molecule has 0 spiro atoms. The zero-order chi connectivity index (χ0) is 12.3. The summed E-state index contributed by atoms with van der Waals surface area (Å²) in [5, 5.41) is 2.88. The second kappa shape index (κ2) is 5.04. The maximum atomic E-state index is 5.52. The molecule has 1 unspecified atom stereocenters. The van der Waals surface area contributed by atoms with Crippen LogP contribution in [0.2, 0.25) is 0 Å². The van der Waals surface area contributed by atoms with Crippen LogP contribution in [0.5, 0.6) is 0 Å². The van der Waals surface area contributed by atoms with E-state index in [2.05, 4.69) is 48.4 Å². The number of aromatic nitrogens is 1. The molecule has 0 radical (unpaired) electrons. The smallest absolute Gasteiger partial charge is 0.294 e. The van der Waals surface area contributed by atoms with Crippen LogP contribution < -0.4 is 5.32 Å². The summed E-state index contributed by atoms with van der Waals surface area (Å²) in [4.78, 5) is 4.11. The second-order valence-electron chi connectivity index (χ2n) is 4.21. The van der Waals surface area contributed by atoms with Gasteiger partial charge >= 0.3 is 0 Å². The molecule has 17 heavy (non-hydrogen) atoms. The van der Waals surface area contributed by atoms with Crippen molar-refractivity contribution in [1.29, 1.82) is 0 Å². The van der Waals surface area contributed by atoms with Crippen molar-refractivity contribution in [1.82, 2.24) is 4.98 Å². The molecule has 0 aliphatic heterocycles. The van der Waals surface area contributed by atoms with E-state index in [-0.39, 0.29) is 0 Å². The van der Waals surface area contributed by atoms with Crippen molar-refractivity contribution in [2.45, 2.75) is 26.2 Å². The molecule has 3 heteroatoms. The molecule has 0 aliphatic rings. The zero-order valence-electron chi connectivity index (χ0n) is 10.5. The summed E-state index contributed by atoms with van der Waals surface area (Å²) < 4.78 is 5.52. The van der Waals surface area contributed by atoms with Crippen LogP contribution in [0.3, 0.4) is 0 Å². The lowest BCUT2D eigenvalue weighted by Crippen LogP contribution is -1.90. The van der Waals surface area contributed by atoms with E-state index in [1.807, 2.05) is 0 Å². The summed E-state index contributed by atoms with van der Waals surface area (Å²) in [5.41, 5.74) is 2.43. The first-order valence-corrected chi connectivity index (χ1v) is 5.98. The molecule has 0 saturated carbocycles. The Balaban J connectivity index is 2.22.